The van der Waals surface area contributed by atoms with Crippen molar-refractivity contribution in [3.63, 3.8) is 0 Å². The van der Waals surface area contributed by atoms with Crippen LogP contribution in [0.1, 0.15) is 29.7 Å². The first-order chi connectivity index (χ1) is 9.06. The van der Waals surface area contributed by atoms with Gasteiger partial charge in [-0.25, -0.2) is 4.39 Å². The van der Waals surface area contributed by atoms with Crippen LogP contribution in [-0.2, 0) is 6.54 Å². The van der Waals surface area contributed by atoms with Gasteiger partial charge < -0.3 is 5.32 Å². The summed E-state index contributed by atoms with van der Waals surface area (Å²) in [6.07, 6.45) is 0. The molecule has 19 heavy (non-hydrogen) atoms. The summed E-state index contributed by atoms with van der Waals surface area (Å²) in [5.74, 6) is -0.193. The van der Waals surface area contributed by atoms with Crippen LogP contribution < -0.4 is 5.32 Å². The summed E-state index contributed by atoms with van der Waals surface area (Å²) >= 11 is 5.87. The van der Waals surface area contributed by atoms with Crippen molar-refractivity contribution in [3.8, 4) is 0 Å². The van der Waals surface area contributed by atoms with Crippen LogP contribution in [0.15, 0.2) is 42.5 Å². The number of nitrogens with one attached hydrogen (secondary N) is 1. The van der Waals surface area contributed by atoms with E-state index in [0.717, 1.165) is 16.1 Å². The minimum absolute atomic E-state index is 0.193. The Morgan fingerprint density at radius 3 is 2.53 bits per heavy atom. The standard InChI is InChI=1S/C16H17ClFN/c1-11-3-8-16(18)9-14(11)10-19-12(2)13-4-6-15(17)7-5-13/h3-9,12,19H,10H2,1-2H3/t12-/m0/s1. The lowest BCUT2D eigenvalue weighted by Crippen LogP contribution is -2.18. The van der Waals surface area contributed by atoms with E-state index >= 15 is 0 Å². The predicted octanol–water partition coefficient (Wildman–Crippen LogP) is 4.64. The third-order valence-corrected chi connectivity index (χ3v) is 3.53. The molecule has 0 saturated heterocycles. The van der Waals surface area contributed by atoms with Gasteiger partial charge in [-0.3, -0.25) is 0 Å². The van der Waals surface area contributed by atoms with Crippen LogP contribution in [0.4, 0.5) is 4.39 Å². The molecule has 1 atom stereocenters. The highest BCUT2D eigenvalue weighted by Gasteiger charge is 2.06. The van der Waals surface area contributed by atoms with Crippen molar-refractivity contribution in [1.82, 2.24) is 5.32 Å². The molecule has 0 unspecified atom stereocenters. The first-order valence-corrected chi connectivity index (χ1v) is 6.68. The zero-order valence-electron chi connectivity index (χ0n) is 11.1. The summed E-state index contributed by atoms with van der Waals surface area (Å²) < 4.78 is 13.2. The zero-order chi connectivity index (χ0) is 13.8. The van der Waals surface area contributed by atoms with E-state index in [4.69, 9.17) is 11.6 Å². The molecule has 0 aliphatic carbocycles. The smallest absolute Gasteiger partial charge is 0.123 e. The van der Waals surface area contributed by atoms with Crippen molar-refractivity contribution in [2.45, 2.75) is 26.4 Å². The molecule has 1 N–H and O–H groups in total. The van der Waals surface area contributed by atoms with Gasteiger partial charge in [-0.15, -0.1) is 0 Å². The Labute approximate surface area is 118 Å². The van der Waals surface area contributed by atoms with E-state index in [2.05, 4.69) is 12.2 Å². The van der Waals surface area contributed by atoms with Gasteiger partial charge in [-0.2, -0.15) is 0 Å². The fourth-order valence-corrected chi connectivity index (χ4v) is 2.09. The van der Waals surface area contributed by atoms with Gasteiger partial charge in [0.25, 0.3) is 0 Å². The normalized spacial score (nSPS) is 12.4. The van der Waals surface area contributed by atoms with Gasteiger partial charge in [0.2, 0.25) is 0 Å². The number of rotatable bonds is 4. The maximum absolute atomic E-state index is 13.2. The lowest BCUT2D eigenvalue weighted by molar-refractivity contribution is 0.568. The molecule has 2 aromatic carbocycles. The van der Waals surface area contributed by atoms with Gasteiger partial charge >= 0.3 is 0 Å². The van der Waals surface area contributed by atoms with Crippen molar-refractivity contribution in [3.05, 3.63) is 70.0 Å². The fourth-order valence-electron chi connectivity index (χ4n) is 1.96. The molecule has 0 aliphatic rings. The van der Waals surface area contributed by atoms with Gasteiger partial charge in [0.15, 0.2) is 0 Å². The summed E-state index contributed by atoms with van der Waals surface area (Å²) in [5, 5.41) is 4.13. The van der Waals surface area contributed by atoms with E-state index in [9.17, 15) is 4.39 Å². The Bertz CT molecular complexity index is 551. The number of halogens is 2. The van der Waals surface area contributed by atoms with Crippen LogP contribution >= 0.6 is 11.6 Å². The summed E-state index contributed by atoms with van der Waals surface area (Å²) in [6, 6.07) is 12.8. The molecule has 0 radical (unpaired) electrons. The molecule has 100 valence electrons. The first-order valence-electron chi connectivity index (χ1n) is 6.30. The first kappa shape index (κ1) is 14.0. The van der Waals surface area contributed by atoms with E-state index < -0.39 is 0 Å². The number of benzene rings is 2. The zero-order valence-corrected chi connectivity index (χ0v) is 11.8. The maximum atomic E-state index is 13.2. The molecule has 1 nitrogen and oxygen atoms in total. The monoisotopic (exact) mass is 277 g/mol. The SMILES string of the molecule is Cc1ccc(F)cc1CN[C@@H](C)c1ccc(Cl)cc1. The van der Waals surface area contributed by atoms with Crippen molar-refractivity contribution in [1.29, 1.82) is 0 Å². The molecule has 2 aromatic rings. The largest absolute Gasteiger partial charge is 0.306 e. The van der Waals surface area contributed by atoms with E-state index in [1.165, 1.54) is 11.6 Å². The Morgan fingerprint density at radius 2 is 1.84 bits per heavy atom. The second-order valence-electron chi connectivity index (χ2n) is 4.72. The predicted molar refractivity (Wildman–Crippen MR) is 77.8 cm³/mol. The quantitative estimate of drug-likeness (QED) is 0.858. The molecule has 0 saturated carbocycles. The van der Waals surface area contributed by atoms with Crippen molar-refractivity contribution >= 4 is 11.6 Å². The number of aryl methyl sites for hydroxylation is 1. The van der Waals surface area contributed by atoms with Crippen LogP contribution in [0.2, 0.25) is 5.02 Å². The summed E-state index contributed by atoms with van der Waals surface area (Å²) in [5.41, 5.74) is 3.25. The van der Waals surface area contributed by atoms with Gasteiger partial charge in [0, 0.05) is 17.6 Å². The van der Waals surface area contributed by atoms with E-state index in [-0.39, 0.29) is 11.9 Å². The van der Waals surface area contributed by atoms with Gasteiger partial charge in [0.1, 0.15) is 5.82 Å². The number of hydrogen-bond donors (Lipinski definition) is 1. The van der Waals surface area contributed by atoms with Crippen LogP contribution in [0.3, 0.4) is 0 Å². The fraction of sp³-hybridized carbons (Fsp3) is 0.250. The molecular formula is C16H17ClFN. The van der Waals surface area contributed by atoms with E-state index in [1.54, 1.807) is 12.1 Å². The number of hydrogen-bond acceptors (Lipinski definition) is 1. The molecule has 2 rings (SSSR count). The molecule has 0 amide bonds. The summed E-state index contributed by atoms with van der Waals surface area (Å²) in [4.78, 5) is 0. The third-order valence-electron chi connectivity index (χ3n) is 3.28. The lowest BCUT2D eigenvalue weighted by Gasteiger charge is -2.15. The molecule has 3 heteroatoms. The average Bonchev–Trinajstić information content (AvgIpc) is 2.40. The Kier molecular flexibility index (Phi) is 4.56. The molecule has 0 fully saturated rings. The van der Waals surface area contributed by atoms with Gasteiger partial charge in [-0.05, 0) is 54.8 Å². The molecular weight excluding hydrogens is 261 g/mol. The van der Waals surface area contributed by atoms with Crippen LogP contribution in [0.25, 0.3) is 0 Å². The second kappa shape index (κ2) is 6.18. The highest BCUT2D eigenvalue weighted by Crippen LogP contribution is 2.17. The highest BCUT2D eigenvalue weighted by molar-refractivity contribution is 6.30. The summed E-state index contributed by atoms with van der Waals surface area (Å²) in [7, 11) is 0. The minimum atomic E-state index is -0.193. The molecule has 0 aliphatic heterocycles. The van der Waals surface area contributed by atoms with E-state index in [1.807, 2.05) is 31.2 Å². The van der Waals surface area contributed by atoms with Crippen molar-refractivity contribution in [2.24, 2.45) is 0 Å². The Hall–Kier alpha value is -1.38. The Balaban J connectivity index is 2.02. The Morgan fingerprint density at radius 1 is 1.16 bits per heavy atom. The van der Waals surface area contributed by atoms with Crippen molar-refractivity contribution in [2.75, 3.05) is 0 Å². The molecule has 0 spiro atoms. The molecule has 0 heterocycles. The second-order valence-corrected chi connectivity index (χ2v) is 5.16. The summed E-state index contributed by atoms with van der Waals surface area (Å²) in [6.45, 7) is 4.72. The van der Waals surface area contributed by atoms with Crippen LogP contribution in [0.5, 0.6) is 0 Å². The van der Waals surface area contributed by atoms with Gasteiger partial charge in [-0.1, -0.05) is 29.8 Å². The van der Waals surface area contributed by atoms with Gasteiger partial charge in [0.05, 0.1) is 0 Å². The van der Waals surface area contributed by atoms with Crippen molar-refractivity contribution < 1.29 is 4.39 Å². The van der Waals surface area contributed by atoms with Crippen LogP contribution in [0, 0.1) is 12.7 Å². The minimum Gasteiger partial charge on any atom is -0.306 e. The lowest BCUT2D eigenvalue weighted by atomic mass is 10.1. The molecule has 0 aromatic heterocycles. The maximum Gasteiger partial charge on any atom is 0.123 e. The third kappa shape index (κ3) is 3.79. The van der Waals surface area contributed by atoms with Crippen LogP contribution in [-0.4, -0.2) is 0 Å². The highest BCUT2D eigenvalue weighted by atomic mass is 35.5. The van der Waals surface area contributed by atoms with E-state index in [0.29, 0.717) is 6.54 Å². The molecule has 0 bridgehead atoms. The average molecular weight is 278 g/mol. The topological polar surface area (TPSA) is 12.0 Å².